The number of fused-ring (bicyclic) bond motifs is 1. The molecular weight excluding hydrogens is 272 g/mol. The molecule has 1 aliphatic heterocycles. The van der Waals surface area contributed by atoms with Gasteiger partial charge in [0.15, 0.2) is 0 Å². The van der Waals surface area contributed by atoms with Gasteiger partial charge in [0, 0.05) is 11.6 Å². The molecule has 1 aliphatic rings. The van der Waals surface area contributed by atoms with Gasteiger partial charge in [-0.3, -0.25) is 0 Å². The van der Waals surface area contributed by atoms with E-state index in [1.807, 2.05) is 18.3 Å². The summed E-state index contributed by atoms with van der Waals surface area (Å²) in [5, 5.41) is 1.81. The van der Waals surface area contributed by atoms with Crippen molar-refractivity contribution in [3.63, 3.8) is 0 Å². The maximum Gasteiger partial charge on any atom is 0.495 e. The number of rotatable bonds is 1. The first-order valence-corrected chi connectivity index (χ1v) is 7.22. The molecule has 5 heteroatoms. The van der Waals surface area contributed by atoms with Crippen molar-refractivity contribution in [3.8, 4) is 0 Å². The number of halogens is 1. The number of aromatic amines is 1. The molecule has 1 aromatic heterocycles. The van der Waals surface area contributed by atoms with E-state index in [0.717, 1.165) is 21.9 Å². The molecule has 0 aliphatic carbocycles. The zero-order chi connectivity index (χ0) is 14.7. The van der Waals surface area contributed by atoms with Crippen molar-refractivity contribution in [2.45, 2.75) is 45.8 Å². The average Bonchev–Trinajstić information content (AvgIpc) is 2.80. The largest absolute Gasteiger partial charge is 0.495 e. The van der Waals surface area contributed by atoms with Crippen LogP contribution < -0.4 is 5.46 Å². The van der Waals surface area contributed by atoms with E-state index in [1.165, 1.54) is 0 Å². The Morgan fingerprint density at radius 3 is 2.30 bits per heavy atom. The molecule has 0 spiro atoms. The van der Waals surface area contributed by atoms with Crippen molar-refractivity contribution in [2.75, 3.05) is 0 Å². The number of benzene rings is 1. The summed E-state index contributed by atoms with van der Waals surface area (Å²) >= 11 is 6.25. The van der Waals surface area contributed by atoms with Crippen molar-refractivity contribution >= 4 is 35.1 Å². The number of H-pyrrole nitrogens is 1. The molecule has 1 aromatic carbocycles. The van der Waals surface area contributed by atoms with Gasteiger partial charge in [0.1, 0.15) is 0 Å². The highest BCUT2D eigenvalue weighted by Crippen LogP contribution is 2.37. The van der Waals surface area contributed by atoms with Gasteiger partial charge in [0.25, 0.3) is 0 Å². The normalized spacial score (nSPS) is 20.8. The minimum Gasteiger partial charge on any atom is -0.399 e. The van der Waals surface area contributed by atoms with Gasteiger partial charge in [0.2, 0.25) is 0 Å². The maximum atomic E-state index is 6.25. The lowest BCUT2D eigenvalue weighted by atomic mass is 9.76. The summed E-state index contributed by atoms with van der Waals surface area (Å²) in [6.45, 7) is 10.3. The number of hydrogen-bond donors (Lipinski definition) is 1. The quantitative estimate of drug-likeness (QED) is 0.817. The summed E-state index contributed by atoms with van der Waals surface area (Å²) in [6, 6.07) is 3.88. The van der Waals surface area contributed by atoms with Crippen LogP contribution in [0.5, 0.6) is 0 Å². The highest BCUT2D eigenvalue weighted by atomic mass is 35.5. The Morgan fingerprint density at radius 2 is 1.70 bits per heavy atom. The monoisotopic (exact) mass is 291 g/mol. The molecule has 1 N–H and O–H groups in total. The second-order valence-corrected chi connectivity index (χ2v) is 6.85. The van der Waals surface area contributed by atoms with Crippen LogP contribution in [0.3, 0.4) is 0 Å². The molecule has 2 aromatic rings. The fourth-order valence-corrected chi connectivity index (χ4v) is 2.79. The smallest absolute Gasteiger partial charge is 0.399 e. The third kappa shape index (κ3) is 1.90. The van der Waals surface area contributed by atoms with Gasteiger partial charge in [-0.15, -0.1) is 0 Å². The van der Waals surface area contributed by atoms with Crippen molar-refractivity contribution in [1.82, 2.24) is 4.98 Å². The first-order chi connectivity index (χ1) is 9.23. The van der Waals surface area contributed by atoms with Gasteiger partial charge in [-0.25, -0.2) is 0 Å². The summed E-state index contributed by atoms with van der Waals surface area (Å²) < 4.78 is 12.3. The Morgan fingerprint density at radius 1 is 1.10 bits per heavy atom. The summed E-state index contributed by atoms with van der Waals surface area (Å²) in [7, 11) is -0.366. The Balaban J connectivity index is 2.13. The van der Waals surface area contributed by atoms with Crippen molar-refractivity contribution < 1.29 is 9.31 Å². The molecule has 0 bridgehead atoms. The minimum absolute atomic E-state index is 0.339. The van der Waals surface area contributed by atoms with Crippen LogP contribution in [0.15, 0.2) is 18.3 Å². The van der Waals surface area contributed by atoms with Crippen LogP contribution in [0.25, 0.3) is 10.9 Å². The third-order valence-electron chi connectivity index (χ3n) is 4.52. The van der Waals surface area contributed by atoms with Crippen LogP contribution in [-0.2, 0) is 9.31 Å². The Kier molecular flexibility index (Phi) is 2.98. The second-order valence-electron chi connectivity index (χ2n) is 6.45. The number of hydrogen-bond acceptors (Lipinski definition) is 2. The number of aromatic nitrogens is 1. The van der Waals surface area contributed by atoms with Crippen LogP contribution in [-0.4, -0.2) is 23.3 Å². The molecule has 1 saturated heterocycles. The first-order valence-electron chi connectivity index (χ1n) is 6.85. The molecule has 0 atom stereocenters. The summed E-state index contributed by atoms with van der Waals surface area (Å²) in [5.41, 5.74) is 2.44. The fraction of sp³-hybridized carbons (Fsp3) is 0.467. The molecule has 20 heavy (non-hydrogen) atoms. The second kappa shape index (κ2) is 4.26. The van der Waals surface area contributed by atoms with Gasteiger partial charge < -0.3 is 14.3 Å². The first kappa shape index (κ1) is 14.0. The molecule has 2 heterocycles. The van der Waals surface area contributed by atoms with Gasteiger partial charge >= 0.3 is 7.12 Å². The van der Waals surface area contributed by atoms with Crippen LogP contribution in [0.4, 0.5) is 0 Å². The average molecular weight is 292 g/mol. The maximum absolute atomic E-state index is 6.25. The molecule has 0 amide bonds. The van der Waals surface area contributed by atoms with Crippen molar-refractivity contribution in [2.24, 2.45) is 0 Å². The zero-order valence-electron chi connectivity index (χ0n) is 12.5. The van der Waals surface area contributed by atoms with Crippen molar-refractivity contribution in [1.29, 1.82) is 0 Å². The minimum atomic E-state index is -0.366. The Bertz CT molecular complexity index is 662. The molecule has 0 unspecified atom stereocenters. The molecule has 3 nitrogen and oxygen atoms in total. The van der Waals surface area contributed by atoms with E-state index in [4.69, 9.17) is 20.9 Å². The zero-order valence-corrected chi connectivity index (χ0v) is 13.3. The molecule has 0 saturated carbocycles. The van der Waals surface area contributed by atoms with Crippen LogP contribution in [0, 0.1) is 6.92 Å². The fourth-order valence-electron chi connectivity index (χ4n) is 2.58. The van der Waals surface area contributed by atoms with E-state index in [2.05, 4.69) is 39.6 Å². The Hall–Kier alpha value is -0.965. The van der Waals surface area contributed by atoms with Crippen LogP contribution >= 0.6 is 11.6 Å². The highest BCUT2D eigenvalue weighted by molar-refractivity contribution is 6.65. The van der Waals surface area contributed by atoms with Gasteiger partial charge in [-0.2, -0.15) is 0 Å². The van der Waals surface area contributed by atoms with E-state index < -0.39 is 0 Å². The molecular formula is C15H19BClNO2. The topological polar surface area (TPSA) is 34.2 Å². The highest BCUT2D eigenvalue weighted by Gasteiger charge is 2.52. The predicted octanol–water partition coefficient (Wildman–Crippen LogP) is 3.43. The van der Waals surface area contributed by atoms with E-state index in [1.54, 1.807) is 0 Å². The van der Waals surface area contributed by atoms with Gasteiger partial charge in [0.05, 0.1) is 21.7 Å². The summed E-state index contributed by atoms with van der Waals surface area (Å²) in [5.74, 6) is 0. The lowest BCUT2D eigenvalue weighted by Gasteiger charge is -2.32. The number of nitrogens with one attached hydrogen (secondary N) is 1. The van der Waals surface area contributed by atoms with Gasteiger partial charge in [-0.1, -0.05) is 17.7 Å². The summed E-state index contributed by atoms with van der Waals surface area (Å²) in [4.78, 5) is 3.22. The molecule has 1 fully saturated rings. The van der Waals surface area contributed by atoms with E-state index in [9.17, 15) is 0 Å². The molecule has 106 valence electrons. The lowest BCUT2D eigenvalue weighted by molar-refractivity contribution is 0.00578. The van der Waals surface area contributed by atoms with Crippen LogP contribution in [0.2, 0.25) is 5.02 Å². The van der Waals surface area contributed by atoms with Gasteiger partial charge in [-0.05, 0) is 51.7 Å². The SMILES string of the molecule is Cc1c[nH]c2c(Cl)ccc(B3OC(C)(C)C(C)(C)O3)c12. The van der Waals surface area contributed by atoms with E-state index in [-0.39, 0.29) is 18.3 Å². The third-order valence-corrected chi connectivity index (χ3v) is 4.84. The molecule has 3 rings (SSSR count). The molecule has 0 radical (unpaired) electrons. The van der Waals surface area contributed by atoms with E-state index in [0.29, 0.717) is 5.02 Å². The van der Waals surface area contributed by atoms with Crippen molar-refractivity contribution in [3.05, 3.63) is 28.9 Å². The predicted molar refractivity (Wildman–Crippen MR) is 83.8 cm³/mol. The number of aryl methyl sites for hydroxylation is 1. The Labute approximate surface area is 124 Å². The van der Waals surface area contributed by atoms with Crippen LogP contribution in [0.1, 0.15) is 33.3 Å². The lowest BCUT2D eigenvalue weighted by Crippen LogP contribution is -2.41. The summed E-state index contributed by atoms with van der Waals surface area (Å²) in [6.07, 6.45) is 1.96. The standard InChI is InChI=1S/C15H19BClNO2/c1-9-8-18-13-11(17)7-6-10(12(9)13)16-19-14(2,3)15(4,5)20-16/h6-8,18H,1-5H3. The van der Waals surface area contributed by atoms with E-state index >= 15 is 0 Å².